The second-order valence-electron chi connectivity index (χ2n) is 5.38. The molecule has 1 unspecified atom stereocenters. The number of aryl methyl sites for hydroxylation is 3. The minimum atomic E-state index is -0.771. The number of rotatable bonds is 4. The number of nitrogens with zero attached hydrogens (tertiary/aromatic N) is 3. The number of hydrogen-bond donors (Lipinski definition) is 0. The summed E-state index contributed by atoms with van der Waals surface area (Å²) in [5, 5.41) is 0.891. The van der Waals surface area contributed by atoms with E-state index in [0.717, 1.165) is 15.8 Å². The monoisotopic (exact) mass is 337 g/mol. The van der Waals surface area contributed by atoms with Gasteiger partial charge in [-0.15, -0.1) is 11.3 Å². The van der Waals surface area contributed by atoms with E-state index in [2.05, 4.69) is 9.97 Å². The number of fused-ring (bicyclic) bond motifs is 1. The SMILES string of the molecule is CC(=O)C(Sc1nc(C)nc2sc(C)c(C)c12)C(=O)N(C)C. The first-order chi connectivity index (χ1) is 10.2. The van der Waals surface area contributed by atoms with Gasteiger partial charge in [-0.1, -0.05) is 11.8 Å². The summed E-state index contributed by atoms with van der Waals surface area (Å²) in [7, 11) is 3.30. The lowest BCUT2D eigenvalue weighted by Gasteiger charge is -2.18. The number of thiophene rings is 1. The highest BCUT2D eigenvalue weighted by atomic mass is 32.2. The van der Waals surface area contributed by atoms with Crippen LogP contribution < -0.4 is 0 Å². The summed E-state index contributed by atoms with van der Waals surface area (Å²) < 4.78 is 0. The molecular weight excluding hydrogens is 318 g/mol. The molecule has 0 aliphatic rings. The van der Waals surface area contributed by atoms with Crippen molar-refractivity contribution in [3.05, 3.63) is 16.3 Å². The lowest BCUT2D eigenvalue weighted by Crippen LogP contribution is -2.36. The quantitative estimate of drug-likeness (QED) is 0.488. The molecule has 2 heterocycles. The maximum atomic E-state index is 12.2. The molecule has 7 heteroatoms. The van der Waals surface area contributed by atoms with Crippen molar-refractivity contribution in [3.63, 3.8) is 0 Å². The van der Waals surface area contributed by atoms with Crippen LogP contribution in [0.15, 0.2) is 5.03 Å². The van der Waals surface area contributed by atoms with Gasteiger partial charge in [0.2, 0.25) is 5.91 Å². The molecule has 0 aromatic carbocycles. The summed E-state index contributed by atoms with van der Waals surface area (Å²) in [6, 6.07) is 0. The van der Waals surface area contributed by atoms with Crippen LogP contribution >= 0.6 is 23.1 Å². The van der Waals surface area contributed by atoms with Crippen LogP contribution in [-0.4, -0.2) is 45.9 Å². The summed E-state index contributed by atoms with van der Waals surface area (Å²) in [4.78, 5) is 36.6. The van der Waals surface area contributed by atoms with Crippen molar-refractivity contribution >= 4 is 45.0 Å². The molecule has 0 fully saturated rings. The van der Waals surface area contributed by atoms with E-state index in [9.17, 15) is 9.59 Å². The van der Waals surface area contributed by atoms with Crippen LogP contribution in [0.4, 0.5) is 0 Å². The fourth-order valence-electron chi connectivity index (χ4n) is 2.05. The summed E-state index contributed by atoms with van der Waals surface area (Å²) in [5.41, 5.74) is 1.11. The van der Waals surface area contributed by atoms with Crippen molar-refractivity contribution in [2.24, 2.45) is 0 Å². The van der Waals surface area contributed by atoms with Crippen LogP contribution in [0, 0.1) is 20.8 Å². The number of amides is 1. The van der Waals surface area contributed by atoms with Gasteiger partial charge >= 0.3 is 0 Å². The Bertz CT molecular complexity index is 753. The average molecular weight is 337 g/mol. The zero-order chi connectivity index (χ0) is 16.6. The lowest BCUT2D eigenvalue weighted by molar-refractivity contribution is -0.132. The molecule has 0 radical (unpaired) electrons. The molecule has 0 aliphatic carbocycles. The van der Waals surface area contributed by atoms with Crippen molar-refractivity contribution in [1.82, 2.24) is 14.9 Å². The standard InChI is InChI=1S/C15H19N3O2S2/c1-7-9(3)21-13-11(7)14(17-10(4)16-13)22-12(8(2)19)15(20)18(5)6/h12H,1-6H3. The molecule has 2 aromatic heterocycles. The largest absolute Gasteiger partial charge is 0.347 e. The lowest BCUT2D eigenvalue weighted by atomic mass is 10.2. The summed E-state index contributed by atoms with van der Waals surface area (Å²) in [6.45, 7) is 7.33. The van der Waals surface area contributed by atoms with Crippen molar-refractivity contribution in [2.45, 2.75) is 38.0 Å². The Hall–Kier alpha value is -1.47. The number of thioether (sulfide) groups is 1. The molecule has 0 saturated heterocycles. The van der Waals surface area contributed by atoms with Crippen LogP contribution in [0.5, 0.6) is 0 Å². The average Bonchev–Trinajstić information content (AvgIpc) is 2.69. The fourth-order valence-corrected chi connectivity index (χ4v) is 4.45. The number of hydrogen-bond acceptors (Lipinski definition) is 6. The van der Waals surface area contributed by atoms with E-state index < -0.39 is 5.25 Å². The van der Waals surface area contributed by atoms with Gasteiger partial charge in [-0.25, -0.2) is 9.97 Å². The molecule has 0 saturated carbocycles. The van der Waals surface area contributed by atoms with Gasteiger partial charge < -0.3 is 4.90 Å². The second-order valence-corrected chi connectivity index (χ2v) is 7.68. The minimum absolute atomic E-state index is 0.169. The van der Waals surface area contributed by atoms with Crippen molar-refractivity contribution in [1.29, 1.82) is 0 Å². The summed E-state index contributed by atoms with van der Waals surface area (Å²) in [5.74, 6) is 0.264. The van der Waals surface area contributed by atoms with Gasteiger partial charge in [-0.2, -0.15) is 0 Å². The van der Waals surface area contributed by atoms with Crippen LogP contribution in [0.3, 0.4) is 0 Å². The Morgan fingerprint density at radius 2 is 1.82 bits per heavy atom. The molecule has 0 N–H and O–H groups in total. The van der Waals surface area contributed by atoms with E-state index in [1.807, 2.05) is 20.8 Å². The summed E-state index contributed by atoms with van der Waals surface area (Å²) >= 11 is 2.83. The topological polar surface area (TPSA) is 63.2 Å². The number of carbonyl (C=O) groups is 2. The molecule has 22 heavy (non-hydrogen) atoms. The van der Waals surface area contributed by atoms with Gasteiger partial charge in [0.1, 0.15) is 20.9 Å². The normalized spacial score (nSPS) is 12.5. The molecule has 118 valence electrons. The number of aromatic nitrogens is 2. The molecule has 1 amide bonds. The van der Waals surface area contributed by atoms with Gasteiger partial charge in [-0.3, -0.25) is 9.59 Å². The molecule has 0 bridgehead atoms. The van der Waals surface area contributed by atoms with Gasteiger partial charge in [-0.05, 0) is 33.3 Å². The van der Waals surface area contributed by atoms with E-state index in [0.29, 0.717) is 10.9 Å². The van der Waals surface area contributed by atoms with E-state index >= 15 is 0 Å². The second kappa shape index (κ2) is 6.34. The Morgan fingerprint density at radius 3 is 2.36 bits per heavy atom. The Labute approximate surface area is 138 Å². The zero-order valence-electron chi connectivity index (χ0n) is 13.6. The third-order valence-electron chi connectivity index (χ3n) is 3.37. The van der Waals surface area contributed by atoms with Gasteiger partial charge in [0, 0.05) is 24.4 Å². The van der Waals surface area contributed by atoms with Crippen molar-refractivity contribution < 1.29 is 9.59 Å². The first-order valence-corrected chi connectivity index (χ1v) is 8.54. The van der Waals surface area contributed by atoms with E-state index in [-0.39, 0.29) is 11.7 Å². The Balaban J connectivity index is 2.54. The fraction of sp³-hybridized carbons (Fsp3) is 0.467. The van der Waals surface area contributed by atoms with Crippen LogP contribution in [0.2, 0.25) is 0 Å². The number of Topliss-reactive ketones (excluding diaryl/α,β-unsaturated/α-hetero) is 1. The molecule has 0 spiro atoms. The van der Waals surface area contributed by atoms with Crippen LogP contribution in [0.1, 0.15) is 23.2 Å². The molecule has 1 atom stereocenters. The molecular formula is C15H19N3O2S2. The predicted molar refractivity (Wildman–Crippen MR) is 90.6 cm³/mol. The Kier molecular flexibility index (Phi) is 4.87. The molecule has 2 aromatic rings. The highest BCUT2D eigenvalue weighted by Crippen LogP contribution is 2.37. The molecule has 2 rings (SSSR count). The molecule has 5 nitrogen and oxygen atoms in total. The van der Waals surface area contributed by atoms with Crippen LogP contribution in [0.25, 0.3) is 10.2 Å². The maximum absolute atomic E-state index is 12.2. The first kappa shape index (κ1) is 16.9. The van der Waals surface area contributed by atoms with Gasteiger partial charge in [0.15, 0.2) is 5.78 Å². The predicted octanol–water partition coefficient (Wildman–Crippen LogP) is 2.75. The van der Waals surface area contributed by atoms with E-state index in [1.165, 1.54) is 28.5 Å². The minimum Gasteiger partial charge on any atom is -0.347 e. The number of ketones is 1. The molecule has 0 aliphatic heterocycles. The van der Waals surface area contributed by atoms with Crippen molar-refractivity contribution in [3.8, 4) is 0 Å². The van der Waals surface area contributed by atoms with Gasteiger partial charge in [0.05, 0.1) is 0 Å². The van der Waals surface area contributed by atoms with E-state index in [4.69, 9.17) is 0 Å². The van der Waals surface area contributed by atoms with Crippen molar-refractivity contribution in [2.75, 3.05) is 14.1 Å². The van der Waals surface area contributed by atoms with Crippen LogP contribution in [-0.2, 0) is 9.59 Å². The maximum Gasteiger partial charge on any atom is 0.243 e. The highest BCUT2D eigenvalue weighted by molar-refractivity contribution is 8.01. The Morgan fingerprint density at radius 1 is 1.18 bits per heavy atom. The third-order valence-corrected chi connectivity index (χ3v) is 5.76. The zero-order valence-corrected chi connectivity index (χ0v) is 15.2. The highest BCUT2D eigenvalue weighted by Gasteiger charge is 2.28. The third kappa shape index (κ3) is 3.15. The smallest absolute Gasteiger partial charge is 0.243 e. The summed E-state index contributed by atoms with van der Waals surface area (Å²) in [6.07, 6.45) is 0. The first-order valence-electron chi connectivity index (χ1n) is 6.85. The van der Waals surface area contributed by atoms with Gasteiger partial charge in [0.25, 0.3) is 0 Å². The number of carbonyl (C=O) groups excluding carboxylic acids is 2. The van der Waals surface area contributed by atoms with E-state index in [1.54, 1.807) is 25.4 Å².